The van der Waals surface area contributed by atoms with Crippen molar-refractivity contribution in [1.29, 1.82) is 0 Å². The lowest BCUT2D eigenvalue weighted by Gasteiger charge is -2.33. The maximum atomic E-state index is 12.1. The summed E-state index contributed by atoms with van der Waals surface area (Å²) in [5.41, 5.74) is 0. The molecule has 1 aromatic heterocycles. The van der Waals surface area contributed by atoms with Gasteiger partial charge in [-0.25, -0.2) is 12.7 Å². The molecule has 2 N–H and O–H groups in total. The first-order valence-corrected chi connectivity index (χ1v) is 11.8. The summed E-state index contributed by atoms with van der Waals surface area (Å²) in [5, 5.41) is 6.59. The highest BCUT2D eigenvalue weighted by atomic mass is 32.2. The molecule has 0 spiro atoms. The van der Waals surface area contributed by atoms with Crippen LogP contribution >= 0.6 is 11.3 Å². The standard InChI is InChI=1S/C18H33N5O2S2/c1-15-8-5-6-12-23(15)13-7-11-20-18(19-2)21-14-16-9-10-17(26-16)27(24,25)22(3)4/h9-10,15H,5-8,11-14H2,1-4H3,(H2,19,20,21). The summed E-state index contributed by atoms with van der Waals surface area (Å²) in [7, 11) is 1.48. The van der Waals surface area contributed by atoms with E-state index >= 15 is 0 Å². The van der Waals surface area contributed by atoms with Crippen molar-refractivity contribution < 1.29 is 8.42 Å². The second-order valence-corrected chi connectivity index (χ2v) is 10.6. The average Bonchev–Trinajstić information content (AvgIpc) is 3.12. The number of hydrogen-bond acceptors (Lipinski definition) is 5. The highest BCUT2D eigenvalue weighted by molar-refractivity contribution is 7.91. The van der Waals surface area contributed by atoms with Gasteiger partial charge in [0.05, 0.1) is 6.54 Å². The monoisotopic (exact) mass is 415 g/mol. The molecule has 1 saturated heterocycles. The molecule has 1 unspecified atom stereocenters. The molecule has 154 valence electrons. The number of hydrogen-bond donors (Lipinski definition) is 2. The van der Waals surface area contributed by atoms with E-state index in [1.54, 1.807) is 27.2 Å². The Balaban J connectivity index is 1.73. The van der Waals surface area contributed by atoms with Crippen LogP contribution in [0.25, 0.3) is 0 Å². The van der Waals surface area contributed by atoms with Gasteiger partial charge in [0.25, 0.3) is 10.0 Å². The fourth-order valence-electron chi connectivity index (χ4n) is 3.14. The Morgan fingerprint density at radius 3 is 2.78 bits per heavy atom. The van der Waals surface area contributed by atoms with Gasteiger partial charge in [-0.3, -0.25) is 4.99 Å². The van der Waals surface area contributed by atoms with Crippen LogP contribution in [-0.4, -0.2) is 70.4 Å². The third kappa shape index (κ3) is 6.44. The Bertz CT molecular complexity index is 715. The summed E-state index contributed by atoms with van der Waals surface area (Å²) in [4.78, 5) is 7.77. The molecular formula is C18H33N5O2S2. The minimum absolute atomic E-state index is 0.364. The minimum atomic E-state index is -3.36. The smallest absolute Gasteiger partial charge is 0.252 e. The van der Waals surface area contributed by atoms with Crippen molar-refractivity contribution in [3.8, 4) is 0 Å². The minimum Gasteiger partial charge on any atom is -0.356 e. The number of guanidine groups is 1. The summed E-state index contributed by atoms with van der Waals surface area (Å²) in [6.45, 7) is 6.06. The first-order chi connectivity index (χ1) is 12.8. The van der Waals surface area contributed by atoms with Gasteiger partial charge in [0.15, 0.2) is 5.96 Å². The molecule has 7 nitrogen and oxygen atoms in total. The zero-order chi connectivity index (χ0) is 19.9. The molecule has 1 aliphatic heterocycles. The fourth-order valence-corrected chi connectivity index (χ4v) is 5.61. The number of rotatable bonds is 8. The van der Waals surface area contributed by atoms with E-state index < -0.39 is 10.0 Å². The Morgan fingerprint density at radius 2 is 2.11 bits per heavy atom. The molecule has 0 saturated carbocycles. The molecule has 0 aromatic carbocycles. The van der Waals surface area contributed by atoms with E-state index in [2.05, 4.69) is 27.4 Å². The van der Waals surface area contributed by atoms with Gasteiger partial charge in [0.2, 0.25) is 0 Å². The lowest BCUT2D eigenvalue weighted by atomic mass is 10.0. The maximum absolute atomic E-state index is 12.1. The molecule has 0 aliphatic carbocycles. The molecule has 27 heavy (non-hydrogen) atoms. The quantitative estimate of drug-likeness (QED) is 0.385. The third-order valence-corrected chi connectivity index (χ3v) is 8.25. The van der Waals surface area contributed by atoms with E-state index in [0.717, 1.165) is 30.3 Å². The molecule has 1 aliphatic rings. The zero-order valence-electron chi connectivity index (χ0n) is 16.9. The van der Waals surface area contributed by atoms with Gasteiger partial charge in [-0.1, -0.05) is 6.42 Å². The molecule has 0 amide bonds. The second kappa shape index (κ2) is 10.4. The molecule has 1 aromatic rings. The Morgan fingerprint density at radius 1 is 1.33 bits per heavy atom. The van der Waals surface area contributed by atoms with Gasteiger partial charge < -0.3 is 15.5 Å². The molecule has 1 fully saturated rings. The number of likely N-dealkylation sites (tertiary alicyclic amines) is 1. The van der Waals surface area contributed by atoms with Crippen molar-refractivity contribution in [3.63, 3.8) is 0 Å². The van der Waals surface area contributed by atoms with Crippen LogP contribution in [0, 0.1) is 0 Å². The third-order valence-electron chi connectivity index (χ3n) is 4.88. The average molecular weight is 416 g/mol. The van der Waals surface area contributed by atoms with Crippen LogP contribution in [0.15, 0.2) is 21.3 Å². The fraction of sp³-hybridized carbons (Fsp3) is 0.722. The zero-order valence-corrected chi connectivity index (χ0v) is 18.5. The highest BCUT2D eigenvalue weighted by Gasteiger charge is 2.19. The molecule has 2 heterocycles. The van der Waals surface area contributed by atoms with Crippen LogP contribution in [0.3, 0.4) is 0 Å². The van der Waals surface area contributed by atoms with Gasteiger partial charge in [-0.2, -0.15) is 0 Å². The van der Waals surface area contributed by atoms with Gasteiger partial charge in [0, 0.05) is 45.2 Å². The van der Waals surface area contributed by atoms with E-state index in [1.807, 2.05) is 6.07 Å². The summed E-state index contributed by atoms with van der Waals surface area (Å²) in [6, 6.07) is 4.20. The predicted octanol–water partition coefficient (Wildman–Crippen LogP) is 1.93. The molecule has 1 atom stereocenters. The van der Waals surface area contributed by atoms with E-state index in [9.17, 15) is 8.42 Å². The molecule has 0 bridgehead atoms. The molecule has 0 radical (unpaired) electrons. The number of aliphatic imine (C=N–C) groups is 1. The van der Waals surface area contributed by atoms with E-state index in [-0.39, 0.29) is 0 Å². The van der Waals surface area contributed by atoms with E-state index in [4.69, 9.17) is 0 Å². The topological polar surface area (TPSA) is 77.0 Å². The predicted molar refractivity (Wildman–Crippen MR) is 113 cm³/mol. The first kappa shape index (κ1) is 22.1. The summed E-state index contributed by atoms with van der Waals surface area (Å²) in [6.07, 6.45) is 5.05. The van der Waals surface area contributed by atoms with Crippen molar-refractivity contribution in [1.82, 2.24) is 19.8 Å². The van der Waals surface area contributed by atoms with E-state index in [1.165, 1.54) is 41.4 Å². The maximum Gasteiger partial charge on any atom is 0.252 e. The van der Waals surface area contributed by atoms with Crippen LogP contribution in [0.5, 0.6) is 0 Å². The van der Waals surface area contributed by atoms with Gasteiger partial charge in [-0.15, -0.1) is 11.3 Å². The first-order valence-electron chi connectivity index (χ1n) is 9.54. The van der Waals surface area contributed by atoms with Crippen LogP contribution in [0.2, 0.25) is 0 Å². The van der Waals surface area contributed by atoms with Gasteiger partial charge in [-0.05, 0) is 44.9 Å². The SMILES string of the molecule is CN=C(NCCCN1CCCCC1C)NCc1ccc(S(=O)(=O)N(C)C)s1. The number of nitrogens with zero attached hydrogens (tertiary/aromatic N) is 3. The van der Waals surface area contributed by atoms with Crippen molar-refractivity contribution in [2.24, 2.45) is 4.99 Å². The largest absolute Gasteiger partial charge is 0.356 e. The summed E-state index contributed by atoms with van der Waals surface area (Å²) < 4.78 is 25.9. The van der Waals surface area contributed by atoms with Crippen molar-refractivity contribution >= 4 is 27.3 Å². The lowest BCUT2D eigenvalue weighted by molar-refractivity contribution is 0.159. The molecular weight excluding hydrogens is 382 g/mol. The summed E-state index contributed by atoms with van der Waals surface area (Å²) in [5.74, 6) is 0.743. The summed E-state index contributed by atoms with van der Waals surface area (Å²) >= 11 is 1.29. The Hall–Kier alpha value is -1.16. The number of thiophene rings is 1. The van der Waals surface area contributed by atoms with Crippen LogP contribution in [0.4, 0.5) is 0 Å². The Kier molecular flexibility index (Phi) is 8.53. The number of nitrogens with one attached hydrogen (secondary N) is 2. The van der Waals surface area contributed by atoms with Crippen molar-refractivity contribution in [2.75, 3.05) is 40.8 Å². The van der Waals surface area contributed by atoms with Gasteiger partial charge >= 0.3 is 0 Å². The number of piperidine rings is 1. The van der Waals surface area contributed by atoms with Crippen LogP contribution < -0.4 is 10.6 Å². The highest BCUT2D eigenvalue weighted by Crippen LogP contribution is 2.23. The van der Waals surface area contributed by atoms with Crippen molar-refractivity contribution in [2.45, 2.75) is 49.4 Å². The van der Waals surface area contributed by atoms with Crippen molar-refractivity contribution in [3.05, 3.63) is 17.0 Å². The second-order valence-electron chi connectivity index (χ2n) is 7.10. The lowest BCUT2D eigenvalue weighted by Crippen LogP contribution is -2.41. The Labute approximate surface area is 167 Å². The molecule has 2 rings (SSSR count). The van der Waals surface area contributed by atoms with Gasteiger partial charge in [0.1, 0.15) is 4.21 Å². The number of sulfonamides is 1. The van der Waals surface area contributed by atoms with E-state index in [0.29, 0.717) is 16.8 Å². The van der Waals surface area contributed by atoms with Crippen LogP contribution in [0.1, 0.15) is 37.5 Å². The molecule has 9 heteroatoms. The van der Waals surface area contributed by atoms with Crippen LogP contribution in [-0.2, 0) is 16.6 Å². The normalized spacial score (nSPS) is 19.4.